The fourth-order valence-corrected chi connectivity index (χ4v) is 3.69. The molecular formula is C20H24N4O2. The Balaban J connectivity index is 1.37. The number of hydrogen-bond donors (Lipinski definition) is 1. The number of likely N-dealkylation sites (tertiary alicyclic amines) is 1. The van der Waals surface area contributed by atoms with E-state index in [-0.39, 0.29) is 12.0 Å². The van der Waals surface area contributed by atoms with Gasteiger partial charge in [0, 0.05) is 37.5 Å². The van der Waals surface area contributed by atoms with Gasteiger partial charge in [0.05, 0.1) is 0 Å². The number of aromatic nitrogens is 2. The monoisotopic (exact) mass is 352 g/mol. The molecule has 1 atom stereocenters. The number of hydrogen-bond acceptors (Lipinski definition) is 5. The quantitative estimate of drug-likeness (QED) is 0.916. The van der Waals surface area contributed by atoms with E-state index in [4.69, 9.17) is 9.72 Å². The summed E-state index contributed by atoms with van der Waals surface area (Å²) in [6, 6.07) is 11.8. The second-order valence-corrected chi connectivity index (χ2v) is 6.89. The van der Waals surface area contributed by atoms with Crippen LogP contribution in [0, 0.1) is 0 Å². The molecule has 0 radical (unpaired) electrons. The lowest BCUT2D eigenvalue weighted by atomic mass is 9.92. The number of carbonyl (C=O) groups is 1. The lowest BCUT2D eigenvalue weighted by molar-refractivity contribution is -0.142. The van der Waals surface area contributed by atoms with E-state index < -0.39 is 0 Å². The molecule has 2 fully saturated rings. The molecule has 136 valence electrons. The minimum absolute atomic E-state index is 0.166. The van der Waals surface area contributed by atoms with E-state index in [2.05, 4.69) is 16.4 Å². The molecule has 0 saturated carbocycles. The summed E-state index contributed by atoms with van der Waals surface area (Å²) in [6.45, 7) is 2.28. The number of rotatable bonds is 4. The summed E-state index contributed by atoms with van der Waals surface area (Å²) in [4.78, 5) is 23.5. The summed E-state index contributed by atoms with van der Waals surface area (Å²) in [6.07, 6.45) is 5.29. The van der Waals surface area contributed by atoms with Crippen LogP contribution in [-0.4, -0.2) is 46.6 Å². The number of anilines is 2. The summed E-state index contributed by atoms with van der Waals surface area (Å²) < 4.78 is 5.53. The van der Waals surface area contributed by atoms with Crippen molar-refractivity contribution in [1.29, 1.82) is 0 Å². The molecule has 26 heavy (non-hydrogen) atoms. The van der Waals surface area contributed by atoms with Gasteiger partial charge in [-0.25, -0.2) is 9.97 Å². The largest absolute Gasteiger partial charge is 0.368 e. The van der Waals surface area contributed by atoms with Crippen molar-refractivity contribution in [2.75, 3.05) is 25.0 Å². The highest BCUT2D eigenvalue weighted by Crippen LogP contribution is 2.29. The van der Waals surface area contributed by atoms with Gasteiger partial charge in [0.1, 0.15) is 17.7 Å². The topological polar surface area (TPSA) is 67.3 Å². The summed E-state index contributed by atoms with van der Waals surface area (Å²) >= 11 is 0. The molecule has 0 aliphatic carbocycles. The average molecular weight is 352 g/mol. The maximum atomic E-state index is 12.5. The van der Waals surface area contributed by atoms with Crippen molar-refractivity contribution in [3.8, 4) is 0 Å². The lowest BCUT2D eigenvalue weighted by Gasteiger charge is -2.33. The van der Waals surface area contributed by atoms with Crippen LogP contribution >= 0.6 is 0 Å². The van der Waals surface area contributed by atoms with Crippen LogP contribution in [0.2, 0.25) is 0 Å². The zero-order chi connectivity index (χ0) is 17.8. The summed E-state index contributed by atoms with van der Waals surface area (Å²) in [5, 5.41) is 3.24. The third-order valence-corrected chi connectivity index (χ3v) is 5.12. The highest BCUT2D eigenvalue weighted by molar-refractivity contribution is 5.81. The minimum Gasteiger partial charge on any atom is -0.368 e. The van der Waals surface area contributed by atoms with E-state index in [0.29, 0.717) is 12.5 Å². The molecule has 6 heteroatoms. The molecule has 6 nitrogen and oxygen atoms in total. The first-order valence-electron chi connectivity index (χ1n) is 9.35. The van der Waals surface area contributed by atoms with Gasteiger partial charge in [-0.1, -0.05) is 12.1 Å². The average Bonchev–Trinajstić information content (AvgIpc) is 3.23. The van der Waals surface area contributed by atoms with Gasteiger partial charge in [0.2, 0.25) is 0 Å². The van der Waals surface area contributed by atoms with Crippen molar-refractivity contribution in [1.82, 2.24) is 14.9 Å². The molecular weight excluding hydrogens is 328 g/mol. The molecule has 1 amide bonds. The SMILES string of the molecule is O=C([C@@H]1CCCO1)N1CCC(c2cccc(Nc3ccccn3)n2)CC1. The zero-order valence-corrected chi connectivity index (χ0v) is 14.8. The fraction of sp³-hybridized carbons (Fsp3) is 0.450. The molecule has 0 spiro atoms. The third kappa shape index (κ3) is 3.85. The van der Waals surface area contributed by atoms with E-state index in [1.165, 1.54) is 0 Å². The van der Waals surface area contributed by atoms with Crippen LogP contribution in [0.15, 0.2) is 42.6 Å². The van der Waals surface area contributed by atoms with Crippen molar-refractivity contribution in [3.05, 3.63) is 48.3 Å². The Morgan fingerprint density at radius 2 is 1.92 bits per heavy atom. The molecule has 2 aliphatic rings. The summed E-state index contributed by atoms with van der Waals surface area (Å²) in [5.41, 5.74) is 1.08. The highest BCUT2D eigenvalue weighted by atomic mass is 16.5. The predicted octanol–water partition coefficient (Wildman–Crippen LogP) is 3.11. The molecule has 4 heterocycles. The van der Waals surface area contributed by atoms with E-state index in [9.17, 15) is 4.79 Å². The predicted molar refractivity (Wildman–Crippen MR) is 99.3 cm³/mol. The van der Waals surface area contributed by atoms with Crippen molar-refractivity contribution in [3.63, 3.8) is 0 Å². The Morgan fingerprint density at radius 1 is 1.08 bits per heavy atom. The number of nitrogens with zero attached hydrogens (tertiary/aromatic N) is 3. The van der Waals surface area contributed by atoms with E-state index >= 15 is 0 Å². The van der Waals surface area contributed by atoms with Gasteiger partial charge in [0.15, 0.2) is 0 Å². The van der Waals surface area contributed by atoms with Crippen molar-refractivity contribution in [2.45, 2.75) is 37.7 Å². The standard InChI is InChI=1S/C20H24N4O2/c25-20(17-6-4-14-26-17)24-12-9-15(10-13-24)16-5-3-8-19(22-16)23-18-7-1-2-11-21-18/h1-3,5,7-8,11,15,17H,4,6,9-10,12-14H2,(H,21,22,23)/t17-/m0/s1. The van der Waals surface area contributed by atoms with Crippen LogP contribution < -0.4 is 5.32 Å². The molecule has 2 aromatic rings. The van der Waals surface area contributed by atoms with E-state index in [1.807, 2.05) is 35.2 Å². The lowest BCUT2D eigenvalue weighted by Crippen LogP contribution is -2.43. The first-order valence-corrected chi connectivity index (χ1v) is 9.35. The van der Waals surface area contributed by atoms with Crippen molar-refractivity contribution < 1.29 is 9.53 Å². The second-order valence-electron chi connectivity index (χ2n) is 6.89. The zero-order valence-electron chi connectivity index (χ0n) is 14.8. The van der Waals surface area contributed by atoms with Crippen molar-refractivity contribution in [2.24, 2.45) is 0 Å². The van der Waals surface area contributed by atoms with Crippen LogP contribution in [0.4, 0.5) is 11.6 Å². The van der Waals surface area contributed by atoms with Crippen LogP contribution in [0.5, 0.6) is 0 Å². The number of carbonyl (C=O) groups excluding carboxylic acids is 1. The maximum Gasteiger partial charge on any atom is 0.251 e. The molecule has 0 unspecified atom stereocenters. The Labute approximate surface area is 153 Å². The third-order valence-electron chi connectivity index (χ3n) is 5.12. The second kappa shape index (κ2) is 7.83. The van der Waals surface area contributed by atoms with Crippen LogP contribution in [0.25, 0.3) is 0 Å². The Morgan fingerprint density at radius 3 is 2.65 bits per heavy atom. The Hall–Kier alpha value is -2.47. The fourth-order valence-electron chi connectivity index (χ4n) is 3.69. The van der Waals surface area contributed by atoms with Crippen LogP contribution in [-0.2, 0) is 9.53 Å². The number of amides is 1. The summed E-state index contributed by atoms with van der Waals surface area (Å²) in [7, 11) is 0. The molecule has 2 aliphatic heterocycles. The number of nitrogens with one attached hydrogen (secondary N) is 1. The van der Waals surface area contributed by atoms with Gasteiger partial charge < -0.3 is 15.0 Å². The smallest absolute Gasteiger partial charge is 0.251 e. The molecule has 0 bridgehead atoms. The van der Waals surface area contributed by atoms with Crippen molar-refractivity contribution >= 4 is 17.5 Å². The Bertz CT molecular complexity index is 738. The minimum atomic E-state index is -0.212. The van der Waals surface area contributed by atoms with Gasteiger partial charge in [-0.05, 0) is 49.9 Å². The first kappa shape index (κ1) is 17.0. The van der Waals surface area contributed by atoms with Crippen LogP contribution in [0.1, 0.15) is 37.3 Å². The van der Waals surface area contributed by atoms with E-state index in [0.717, 1.165) is 56.1 Å². The molecule has 2 saturated heterocycles. The number of pyridine rings is 2. The number of ether oxygens (including phenoxy) is 1. The van der Waals surface area contributed by atoms with Gasteiger partial charge in [0.25, 0.3) is 5.91 Å². The molecule has 1 N–H and O–H groups in total. The van der Waals surface area contributed by atoms with Gasteiger partial charge >= 0.3 is 0 Å². The summed E-state index contributed by atoms with van der Waals surface area (Å²) in [5.74, 6) is 2.14. The van der Waals surface area contributed by atoms with Crippen LogP contribution in [0.3, 0.4) is 0 Å². The maximum absolute atomic E-state index is 12.5. The molecule has 2 aromatic heterocycles. The highest BCUT2D eigenvalue weighted by Gasteiger charge is 2.31. The molecule has 0 aromatic carbocycles. The normalized spacial score (nSPS) is 20.9. The van der Waals surface area contributed by atoms with Gasteiger partial charge in [-0.15, -0.1) is 0 Å². The van der Waals surface area contributed by atoms with E-state index in [1.54, 1.807) is 6.20 Å². The Kier molecular flexibility index (Phi) is 5.11. The molecule has 4 rings (SSSR count). The van der Waals surface area contributed by atoms with Gasteiger partial charge in [-0.3, -0.25) is 4.79 Å². The number of piperidine rings is 1. The van der Waals surface area contributed by atoms with Gasteiger partial charge in [-0.2, -0.15) is 0 Å². The first-order chi connectivity index (χ1) is 12.8.